The van der Waals surface area contributed by atoms with Gasteiger partial charge in [-0.1, -0.05) is 139 Å². The van der Waals surface area contributed by atoms with Crippen LogP contribution in [0.5, 0.6) is 0 Å². The minimum atomic E-state index is -2.47. The van der Waals surface area contributed by atoms with Gasteiger partial charge in [0.1, 0.15) is 31.8 Å². The third-order valence-corrected chi connectivity index (χ3v) is 19.9. The molecule has 0 saturated carbocycles. The molecule has 0 heterocycles. The van der Waals surface area contributed by atoms with Gasteiger partial charge in [0.15, 0.2) is 14.5 Å². The Morgan fingerprint density at radius 1 is 0.292 bits per heavy atom. The van der Waals surface area contributed by atoms with Crippen LogP contribution in [0.2, 0.25) is 0 Å². The summed E-state index contributed by atoms with van der Waals surface area (Å²) in [5, 5.41) is 8.46. The van der Waals surface area contributed by atoms with Gasteiger partial charge in [-0.3, -0.25) is 0 Å². The van der Waals surface area contributed by atoms with E-state index in [-0.39, 0.29) is 39.4 Å². The van der Waals surface area contributed by atoms with E-state index in [2.05, 4.69) is 213 Å². The van der Waals surface area contributed by atoms with Gasteiger partial charge >= 0.3 is 0 Å². The Morgan fingerprint density at radius 2 is 0.500 bits per heavy atom. The first-order valence-corrected chi connectivity index (χ1v) is 19.6. The van der Waals surface area contributed by atoms with Crippen molar-refractivity contribution in [1.29, 1.82) is 0 Å². The quantitative estimate of drug-likeness (QED) is 0.198. The molecule has 238 valence electrons. The monoisotopic (exact) mass is 786 g/mol. The summed E-state index contributed by atoms with van der Waals surface area (Å²) in [6, 6.07) is 77.9. The van der Waals surface area contributed by atoms with Gasteiger partial charge in [0, 0.05) is 5.56 Å². The zero-order valence-electron chi connectivity index (χ0n) is 26.9. The smallest absolute Gasteiger partial charge is 0.221 e. The SMILES string of the molecule is Cc1ccc(C([P+](c2ccccc2)(c2ccccc2)c2ccccc2)[P+](c2ccccc2)(c2ccccc2)c2ccccc2)cc1.[Br-].[Br-]. The van der Waals surface area contributed by atoms with Crippen LogP contribution >= 0.6 is 14.5 Å². The summed E-state index contributed by atoms with van der Waals surface area (Å²) in [4.78, 5) is 0. The van der Waals surface area contributed by atoms with Crippen LogP contribution in [0.4, 0.5) is 0 Å². The summed E-state index contributed by atoms with van der Waals surface area (Å²) in [6.45, 7) is 2.20. The van der Waals surface area contributed by atoms with Crippen molar-refractivity contribution in [2.24, 2.45) is 0 Å². The zero-order chi connectivity index (χ0) is 31.2. The third-order valence-electron chi connectivity index (χ3n) is 9.09. The maximum atomic E-state index is 2.42. The fourth-order valence-corrected chi connectivity index (χ4v) is 20.2. The average Bonchev–Trinajstić information content (AvgIpc) is 3.15. The van der Waals surface area contributed by atoms with Gasteiger partial charge in [0.2, 0.25) is 5.40 Å². The highest BCUT2D eigenvalue weighted by Gasteiger charge is 2.69. The van der Waals surface area contributed by atoms with E-state index in [0.717, 1.165) is 0 Å². The van der Waals surface area contributed by atoms with Crippen LogP contribution in [0.1, 0.15) is 16.5 Å². The second-order valence-electron chi connectivity index (χ2n) is 11.7. The van der Waals surface area contributed by atoms with Crippen molar-refractivity contribution in [2.45, 2.75) is 12.3 Å². The van der Waals surface area contributed by atoms with E-state index in [0.29, 0.717) is 0 Å². The first-order chi connectivity index (χ1) is 22.8. The van der Waals surface area contributed by atoms with Crippen LogP contribution < -0.4 is 65.8 Å². The van der Waals surface area contributed by atoms with E-state index >= 15 is 0 Å². The number of rotatable bonds is 9. The first kappa shape index (κ1) is 35.7. The predicted molar refractivity (Wildman–Crippen MR) is 204 cm³/mol. The van der Waals surface area contributed by atoms with Crippen molar-refractivity contribution in [1.82, 2.24) is 0 Å². The molecular weight excluding hydrogens is 750 g/mol. The number of benzene rings is 7. The third kappa shape index (κ3) is 6.41. The van der Waals surface area contributed by atoms with Crippen LogP contribution in [0, 0.1) is 6.92 Å². The summed E-state index contributed by atoms with van der Waals surface area (Å²) in [5.74, 6) is 0. The summed E-state index contributed by atoms with van der Waals surface area (Å²) in [7, 11) is -4.94. The van der Waals surface area contributed by atoms with Gasteiger partial charge in [0.05, 0.1) is 0 Å². The van der Waals surface area contributed by atoms with Crippen molar-refractivity contribution >= 4 is 46.4 Å². The maximum absolute atomic E-state index is 2.47. The molecule has 7 aromatic rings. The molecule has 0 nitrogen and oxygen atoms in total. The standard InChI is InChI=1S/C44H38P2.2BrH/c1-36-32-34-37(35-33-36)44(45(38-20-8-2-9-21-38,39-22-10-3-11-23-39)40-24-12-4-13-25-40)46(41-26-14-5-15-27-41,42-28-16-6-17-29-42)43-30-18-7-19-31-43;;/h2-35,44H,1H3;2*1H/q+2;;/p-2. The molecule has 0 bridgehead atoms. The summed E-state index contributed by atoms with van der Waals surface area (Å²) in [5.41, 5.74) is 2.65. The van der Waals surface area contributed by atoms with Crippen LogP contribution in [-0.2, 0) is 0 Å². The van der Waals surface area contributed by atoms with Gasteiger partial charge in [-0.25, -0.2) is 0 Å². The van der Waals surface area contributed by atoms with Gasteiger partial charge in [0.25, 0.3) is 0 Å². The lowest BCUT2D eigenvalue weighted by Gasteiger charge is -2.41. The van der Waals surface area contributed by atoms with Gasteiger partial charge in [-0.15, -0.1) is 0 Å². The number of aryl methyl sites for hydroxylation is 1. The van der Waals surface area contributed by atoms with Crippen LogP contribution in [0.15, 0.2) is 206 Å². The van der Waals surface area contributed by atoms with Crippen LogP contribution in [-0.4, -0.2) is 0 Å². The fourth-order valence-electron chi connectivity index (χ4n) is 7.17. The van der Waals surface area contributed by atoms with Crippen molar-refractivity contribution < 1.29 is 34.0 Å². The first-order valence-electron chi connectivity index (χ1n) is 15.9. The molecule has 0 aliphatic carbocycles. The molecule has 7 aromatic carbocycles. The lowest BCUT2D eigenvalue weighted by molar-refractivity contribution is -0.001000. The second-order valence-corrected chi connectivity index (χ2v) is 19.2. The molecule has 0 aromatic heterocycles. The second kappa shape index (κ2) is 16.2. The molecule has 0 radical (unpaired) electrons. The van der Waals surface area contributed by atoms with E-state index in [1.54, 1.807) is 0 Å². The topological polar surface area (TPSA) is 0 Å². The largest absolute Gasteiger partial charge is 1.00 e. The van der Waals surface area contributed by atoms with Crippen molar-refractivity contribution in [2.75, 3.05) is 0 Å². The van der Waals surface area contributed by atoms with Gasteiger partial charge < -0.3 is 34.0 Å². The minimum absolute atomic E-state index is 0. The number of hydrogen-bond donors (Lipinski definition) is 0. The Kier molecular flexibility index (Phi) is 12.0. The lowest BCUT2D eigenvalue weighted by Crippen LogP contribution is -3.00. The average molecular weight is 789 g/mol. The molecule has 0 saturated heterocycles. The molecular formula is C44H38Br2P2. The molecule has 0 spiro atoms. The molecule has 0 aliphatic heterocycles. The van der Waals surface area contributed by atoms with Crippen molar-refractivity contribution in [3.8, 4) is 0 Å². The molecule has 0 aliphatic rings. The Hall–Kier alpha value is -3.64. The Balaban J connectivity index is 0.00000225. The Morgan fingerprint density at radius 3 is 0.708 bits per heavy atom. The molecule has 0 amide bonds. The van der Waals surface area contributed by atoms with Crippen molar-refractivity contribution in [3.05, 3.63) is 217 Å². The molecule has 0 N–H and O–H groups in total. The summed E-state index contributed by atoms with van der Waals surface area (Å²) >= 11 is 0. The van der Waals surface area contributed by atoms with Crippen LogP contribution in [0.3, 0.4) is 0 Å². The Bertz CT molecular complexity index is 1650. The number of halogens is 2. The highest BCUT2D eigenvalue weighted by atomic mass is 79.9. The molecule has 4 heteroatoms. The highest BCUT2D eigenvalue weighted by molar-refractivity contribution is 8.10. The van der Waals surface area contributed by atoms with E-state index in [4.69, 9.17) is 0 Å². The lowest BCUT2D eigenvalue weighted by atomic mass is 10.2. The van der Waals surface area contributed by atoms with Crippen LogP contribution in [0.25, 0.3) is 0 Å². The van der Waals surface area contributed by atoms with Crippen molar-refractivity contribution in [3.63, 3.8) is 0 Å². The molecule has 48 heavy (non-hydrogen) atoms. The van der Waals surface area contributed by atoms with Gasteiger partial charge in [-0.2, -0.15) is 0 Å². The van der Waals surface area contributed by atoms with E-state index in [1.807, 2.05) is 0 Å². The van der Waals surface area contributed by atoms with Gasteiger partial charge in [-0.05, 0) is 79.7 Å². The summed E-state index contributed by atoms with van der Waals surface area (Å²) in [6.07, 6.45) is 0. The molecule has 7 rings (SSSR count). The molecule has 0 unspecified atom stereocenters. The maximum Gasteiger partial charge on any atom is 0.221 e. The molecule has 0 atom stereocenters. The minimum Gasteiger partial charge on any atom is -1.00 e. The molecule has 0 fully saturated rings. The summed E-state index contributed by atoms with van der Waals surface area (Å²) < 4.78 is 0. The normalized spacial score (nSPS) is 11.3. The zero-order valence-corrected chi connectivity index (χ0v) is 31.8. The van der Waals surface area contributed by atoms with E-state index in [9.17, 15) is 0 Å². The van der Waals surface area contributed by atoms with E-state index in [1.165, 1.54) is 43.0 Å². The highest BCUT2D eigenvalue weighted by Crippen LogP contribution is 2.84. The predicted octanol–water partition coefficient (Wildman–Crippen LogP) is 2.99. The number of hydrogen-bond acceptors (Lipinski definition) is 0. The fraction of sp³-hybridized carbons (Fsp3) is 0.0455. The Labute approximate surface area is 308 Å². The van der Waals surface area contributed by atoms with E-state index < -0.39 is 14.5 Å².